The zero-order valence-corrected chi connectivity index (χ0v) is 15.3. The largest absolute Gasteiger partial charge is 0.379 e. The smallest absolute Gasteiger partial charge is 0.153 e. The van der Waals surface area contributed by atoms with E-state index in [2.05, 4.69) is 23.7 Å². The van der Waals surface area contributed by atoms with E-state index in [9.17, 15) is 16.8 Å². The number of sulfone groups is 2. The molecule has 0 rings (SSSR count). The third kappa shape index (κ3) is 9.80. The van der Waals surface area contributed by atoms with Crippen molar-refractivity contribution in [2.45, 2.75) is 50.4 Å². The van der Waals surface area contributed by atoms with Crippen LogP contribution in [0.25, 0.3) is 0 Å². The second kappa shape index (κ2) is 9.86. The molecule has 0 aromatic rings. The van der Waals surface area contributed by atoms with E-state index in [0.29, 0.717) is 0 Å². The van der Waals surface area contributed by atoms with Crippen molar-refractivity contribution in [2.24, 2.45) is 0 Å². The van der Waals surface area contributed by atoms with Crippen molar-refractivity contribution in [3.05, 3.63) is 0 Å². The summed E-state index contributed by atoms with van der Waals surface area (Å²) in [6.07, 6.45) is 0.0150. The lowest BCUT2D eigenvalue weighted by molar-refractivity contribution is 0.230. The average Bonchev–Trinajstić information content (AvgIpc) is 2.36. The van der Waals surface area contributed by atoms with Gasteiger partial charge in [0.2, 0.25) is 0 Å². The maximum atomic E-state index is 10.8. The quantitative estimate of drug-likeness (QED) is 0.667. The molecule has 0 aliphatic carbocycles. The van der Waals surface area contributed by atoms with Gasteiger partial charge in [-0.1, -0.05) is 11.8 Å². The first-order valence-electron chi connectivity index (χ1n) is 6.37. The van der Waals surface area contributed by atoms with E-state index in [-0.39, 0.29) is 0 Å². The van der Waals surface area contributed by atoms with Crippen LogP contribution in [0.3, 0.4) is 0 Å². The van der Waals surface area contributed by atoms with Crippen LogP contribution in [0.2, 0.25) is 0 Å². The first-order valence-corrected chi connectivity index (χ1v) is 10.3. The van der Waals surface area contributed by atoms with Gasteiger partial charge in [-0.15, -0.1) is 11.8 Å². The Bertz CT molecular complexity index is 596. The van der Waals surface area contributed by atoms with Gasteiger partial charge in [-0.3, -0.25) is 0 Å². The highest BCUT2D eigenvalue weighted by molar-refractivity contribution is 7.91. The second-order valence-electron chi connectivity index (χ2n) is 4.75. The summed E-state index contributed by atoms with van der Waals surface area (Å²) in [7, 11) is -6.35. The van der Waals surface area contributed by atoms with Crippen molar-refractivity contribution in [1.82, 2.24) is 0 Å². The molecule has 0 aliphatic heterocycles. The number of rotatable bonds is 4. The summed E-state index contributed by atoms with van der Waals surface area (Å²) in [6.45, 7) is 5.98. The molecule has 0 aromatic heterocycles. The Hall–Kier alpha value is -1.06. The first-order chi connectivity index (χ1) is 9.78. The molecule has 0 bridgehead atoms. The third-order valence-electron chi connectivity index (χ3n) is 2.82. The van der Waals surface area contributed by atoms with E-state index in [4.69, 9.17) is 10.2 Å². The fourth-order valence-electron chi connectivity index (χ4n) is 0.999. The predicted molar refractivity (Wildman–Crippen MR) is 87.5 cm³/mol. The molecule has 22 heavy (non-hydrogen) atoms. The maximum absolute atomic E-state index is 10.8. The van der Waals surface area contributed by atoms with Gasteiger partial charge >= 0.3 is 0 Å². The summed E-state index contributed by atoms with van der Waals surface area (Å²) in [5, 5.41) is 16.6. The molecule has 0 heterocycles. The lowest BCUT2D eigenvalue weighted by atomic mass is 10.3. The molecule has 4 atom stereocenters. The molecule has 6 nitrogen and oxygen atoms in total. The number of aliphatic hydroxyl groups excluding tert-OH is 2. The molecule has 8 heteroatoms. The summed E-state index contributed by atoms with van der Waals surface area (Å²) in [4.78, 5) is 0. The highest BCUT2D eigenvalue weighted by Crippen LogP contribution is 2.03. The maximum Gasteiger partial charge on any atom is 0.153 e. The van der Waals surface area contributed by atoms with Gasteiger partial charge in [0.1, 0.15) is 12.2 Å². The molecule has 0 amide bonds. The van der Waals surface area contributed by atoms with Gasteiger partial charge in [0, 0.05) is 12.5 Å². The van der Waals surface area contributed by atoms with Crippen molar-refractivity contribution < 1.29 is 27.0 Å². The molecule has 0 spiro atoms. The van der Waals surface area contributed by atoms with Crippen molar-refractivity contribution >= 4 is 19.7 Å². The lowest BCUT2D eigenvalue weighted by Crippen LogP contribution is -2.29. The second-order valence-corrected chi connectivity index (χ2v) is 9.55. The summed E-state index contributed by atoms with van der Waals surface area (Å²) in [6, 6.07) is 0. The molecule has 0 fully saturated rings. The molecule has 0 aliphatic rings. The monoisotopic (exact) mass is 352 g/mol. The van der Waals surface area contributed by atoms with E-state index >= 15 is 0 Å². The average molecular weight is 352 g/mol. The van der Waals surface area contributed by atoms with Gasteiger partial charge in [-0.25, -0.2) is 16.8 Å². The molecule has 0 saturated carbocycles. The molecule has 128 valence electrons. The standard InChI is InChI=1S/2C7H12O3S/c2*1-4-5-7(8)6(2)11(3,9)10/h2*6-8H,1-3H3/t2*6-,7-/m10/s1. The highest BCUT2D eigenvalue weighted by atomic mass is 32.2. The van der Waals surface area contributed by atoms with Crippen molar-refractivity contribution in [3.63, 3.8) is 0 Å². The van der Waals surface area contributed by atoms with Crippen molar-refractivity contribution in [3.8, 4) is 23.7 Å². The van der Waals surface area contributed by atoms with E-state index in [1.54, 1.807) is 13.8 Å². The van der Waals surface area contributed by atoms with Gasteiger partial charge in [0.05, 0.1) is 10.5 Å². The topological polar surface area (TPSA) is 109 Å². The summed E-state index contributed by atoms with van der Waals surface area (Å²) in [5.74, 6) is 9.67. The van der Waals surface area contributed by atoms with E-state index in [1.165, 1.54) is 13.8 Å². The fourth-order valence-corrected chi connectivity index (χ4v) is 2.07. The minimum Gasteiger partial charge on any atom is -0.379 e. The highest BCUT2D eigenvalue weighted by Gasteiger charge is 2.22. The van der Waals surface area contributed by atoms with Gasteiger partial charge in [0.25, 0.3) is 0 Å². The zero-order chi connectivity index (χ0) is 18.1. The molecule has 0 saturated heterocycles. The summed E-state index contributed by atoms with van der Waals surface area (Å²) >= 11 is 0. The minimum absolute atomic E-state index is 0.810. The van der Waals surface area contributed by atoms with Crippen molar-refractivity contribution in [1.29, 1.82) is 0 Å². The van der Waals surface area contributed by atoms with Crippen LogP contribution in [0, 0.1) is 23.7 Å². The third-order valence-corrected chi connectivity index (χ3v) is 6.04. The molecular weight excluding hydrogens is 328 g/mol. The Kier molecular flexibility index (Phi) is 10.4. The predicted octanol–water partition coefficient (Wildman–Crippen LogP) is -0.393. The van der Waals surface area contributed by atoms with Gasteiger partial charge < -0.3 is 10.2 Å². The Morgan fingerprint density at radius 2 is 0.955 bits per heavy atom. The van der Waals surface area contributed by atoms with Gasteiger partial charge in [-0.05, 0) is 27.7 Å². The zero-order valence-electron chi connectivity index (χ0n) is 13.7. The number of hydrogen-bond acceptors (Lipinski definition) is 6. The van der Waals surface area contributed by atoms with E-state index in [0.717, 1.165) is 12.5 Å². The lowest BCUT2D eigenvalue weighted by Gasteiger charge is -2.10. The number of aliphatic hydroxyl groups is 2. The minimum atomic E-state index is -3.18. The van der Waals surface area contributed by atoms with Crippen LogP contribution in [0.5, 0.6) is 0 Å². The first kappa shape index (κ1) is 23.2. The molecule has 0 aromatic carbocycles. The van der Waals surface area contributed by atoms with Crippen LogP contribution in [-0.4, -0.2) is 62.3 Å². The normalized spacial score (nSPS) is 16.4. The van der Waals surface area contributed by atoms with Gasteiger partial charge in [-0.2, -0.15) is 0 Å². The molecule has 0 unspecified atom stereocenters. The van der Waals surface area contributed by atoms with E-state index in [1.807, 2.05) is 0 Å². The molecular formula is C14H24O6S2. The number of hydrogen-bond donors (Lipinski definition) is 2. The fraction of sp³-hybridized carbons (Fsp3) is 0.714. The van der Waals surface area contributed by atoms with Crippen LogP contribution >= 0.6 is 0 Å². The van der Waals surface area contributed by atoms with Gasteiger partial charge in [0.15, 0.2) is 19.7 Å². The Morgan fingerprint density at radius 3 is 1.09 bits per heavy atom. The molecule has 0 radical (unpaired) electrons. The van der Waals surface area contributed by atoms with Crippen LogP contribution < -0.4 is 0 Å². The Labute approximate surface area is 133 Å². The van der Waals surface area contributed by atoms with E-state index < -0.39 is 42.4 Å². The Balaban J connectivity index is 0. The van der Waals surface area contributed by atoms with Crippen LogP contribution in [-0.2, 0) is 19.7 Å². The van der Waals surface area contributed by atoms with Crippen LogP contribution in [0.4, 0.5) is 0 Å². The van der Waals surface area contributed by atoms with Crippen LogP contribution in [0.1, 0.15) is 27.7 Å². The Morgan fingerprint density at radius 1 is 0.727 bits per heavy atom. The molecule has 2 N–H and O–H groups in total. The SMILES string of the molecule is CC#C[C@@H](O)[C@@H](C)S(C)(=O)=O.CC#C[C@H](O)[C@H](C)S(C)(=O)=O. The van der Waals surface area contributed by atoms with Crippen LogP contribution in [0.15, 0.2) is 0 Å². The summed E-state index contributed by atoms with van der Waals surface area (Å²) < 4.78 is 43.3. The summed E-state index contributed by atoms with van der Waals surface area (Å²) in [5.41, 5.74) is 0. The van der Waals surface area contributed by atoms with Crippen molar-refractivity contribution in [2.75, 3.05) is 12.5 Å².